The first kappa shape index (κ1) is 13.9. The Morgan fingerprint density at radius 2 is 2.21 bits per heavy atom. The van der Waals surface area contributed by atoms with Crippen molar-refractivity contribution in [1.29, 1.82) is 0 Å². The van der Waals surface area contributed by atoms with E-state index in [1.807, 2.05) is 12.1 Å². The van der Waals surface area contributed by atoms with Crippen molar-refractivity contribution in [2.24, 2.45) is 0 Å². The number of methoxy groups -OCH3 is 1. The maximum Gasteiger partial charge on any atom is 0.215 e. The van der Waals surface area contributed by atoms with Crippen LogP contribution in [0.2, 0.25) is 0 Å². The molecular weight excluding hydrogens is 240 g/mol. The van der Waals surface area contributed by atoms with Crippen LogP contribution in [0.4, 0.5) is 11.5 Å². The zero-order chi connectivity index (χ0) is 13.8. The summed E-state index contributed by atoms with van der Waals surface area (Å²) in [6, 6.07) is 4.14. The maximum absolute atomic E-state index is 6.10. The maximum atomic E-state index is 6.10. The Balaban J connectivity index is 2.31. The number of likely N-dealkylation sites (N-methyl/N-ethyl adjacent to an activating group) is 1. The monoisotopic (exact) mass is 264 g/mol. The van der Waals surface area contributed by atoms with Crippen LogP contribution < -0.4 is 15.4 Å². The summed E-state index contributed by atoms with van der Waals surface area (Å²) in [5, 5.41) is 0. The van der Waals surface area contributed by atoms with Gasteiger partial charge in [0, 0.05) is 25.2 Å². The molecule has 2 rings (SSSR count). The number of ether oxygens (including phenoxy) is 1. The van der Waals surface area contributed by atoms with Crippen LogP contribution in [0, 0.1) is 0 Å². The molecule has 0 radical (unpaired) electrons. The Labute approximate surface area is 115 Å². The Morgan fingerprint density at radius 3 is 2.89 bits per heavy atom. The number of anilines is 2. The Morgan fingerprint density at radius 1 is 1.42 bits per heavy atom. The lowest BCUT2D eigenvalue weighted by Gasteiger charge is -2.32. The number of rotatable bonds is 3. The molecule has 106 valence electrons. The second kappa shape index (κ2) is 6.10. The zero-order valence-electron chi connectivity index (χ0n) is 12.1. The van der Waals surface area contributed by atoms with Gasteiger partial charge >= 0.3 is 0 Å². The van der Waals surface area contributed by atoms with Gasteiger partial charge in [-0.3, -0.25) is 0 Å². The van der Waals surface area contributed by atoms with Gasteiger partial charge in [-0.15, -0.1) is 0 Å². The highest BCUT2D eigenvalue weighted by molar-refractivity contribution is 5.64. The first-order valence-corrected chi connectivity index (χ1v) is 6.91. The molecule has 1 aromatic rings. The molecule has 1 unspecified atom stereocenters. The van der Waals surface area contributed by atoms with Crippen LogP contribution in [0.15, 0.2) is 12.1 Å². The lowest BCUT2D eigenvalue weighted by Crippen LogP contribution is -2.40. The van der Waals surface area contributed by atoms with Crippen LogP contribution in [-0.2, 0) is 0 Å². The van der Waals surface area contributed by atoms with Gasteiger partial charge in [-0.1, -0.05) is 6.92 Å². The van der Waals surface area contributed by atoms with E-state index < -0.39 is 0 Å². The first-order valence-electron chi connectivity index (χ1n) is 6.91. The smallest absolute Gasteiger partial charge is 0.215 e. The van der Waals surface area contributed by atoms with E-state index in [9.17, 15) is 0 Å². The minimum atomic E-state index is 0.453. The fourth-order valence-corrected chi connectivity index (χ4v) is 2.66. The number of aromatic nitrogens is 1. The van der Waals surface area contributed by atoms with E-state index in [2.05, 4.69) is 28.8 Å². The topological polar surface area (TPSA) is 54.6 Å². The predicted octanol–water partition coefficient (Wildman–Crippen LogP) is 1.59. The summed E-state index contributed by atoms with van der Waals surface area (Å²) in [6.07, 6.45) is 2.22. The van der Waals surface area contributed by atoms with E-state index in [4.69, 9.17) is 10.5 Å². The molecule has 5 heteroatoms. The van der Waals surface area contributed by atoms with Crippen molar-refractivity contribution in [1.82, 2.24) is 9.88 Å². The molecule has 0 bridgehead atoms. The van der Waals surface area contributed by atoms with Gasteiger partial charge in [0.25, 0.3) is 0 Å². The van der Waals surface area contributed by atoms with Crippen LogP contribution in [0.3, 0.4) is 0 Å². The molecule has 5 nitrogen and oxygen atoms in total. The largest absolute Gasteiger partial charge is 0.481 e. The molecule has 1 aliphatic heterocycles. The van der Waals surface area contributed by atoms with Gasteiger partial charge in [-0.25, -0.2) is 0 Å². The summed E-state index contributed by atoms with van der Waals surface area (Å²) in [6.45, 7) is 5.38. The van der Waals surface area contributed by atoms with Crippen LogP contribution in [0.25, 0.3) is 0 Å². The van der Waals surface area contributed by atoms with E-state index >= 15 is 0 Å². The fraction of sp³-hybridized carbons (Fsp3) is 0.643. The molecular formula is C14H24N4O. The second-order valence-corrected chi connectivity index (χ2v) is 5.14. The third-order valence-electron chi connectivity index (χ3n) is 3.73. The van der Waals surface area contributed by atoms with Crippen molar-refractivity contribution in [3.05, 3.63) is 12.1 Å². The SMILES string of the molecule is CCC1CN(C)CCCN1c1nc(OC)ccc1N. The van der Waals surface area contributed by atoms with E-state index in [0.29, 0.717) is 11.9 Å². The van der Waals surface area contributed by atoms with Crippen LogP contribution in [-0.4, -0.2) is 49.7 Å². The van der Waals surface area contributed by atoms with Crippen molar-refractivity contribution in [2.75, 3.05) is 44.4 Å². The lowest BCUT2D eigenvalue weighted by atomic mass is 10.1. The minimum absolute atomic E-state index is 0.453. The third kappa shape index (κ3) is 3.10. The van der Waals surface area contributed by atoms with Crippen LogP contribution >= 0.6 is 0 Å². The van der Waals surface area contributed by atoms with Gasteiger partial charge < -0.3 is 20.3 Å². The molecule has 2 N–H and O–H groups in total. The molecule has 0 spiro atoms. The van der Waals surface area contributed by atoms with Gasteiger partial charge in [-0.05, 0) is 32.5 Å². The van der Waals surface area contributed by atoms with Crippen molar-refractivity contribution in [2.45, 2.75) is 25.8 Å². The van der Waals surface area contributed by atoms with Crippen molar-refractivity contribution in [3.8, 4) is 5.88 Å². The molecule has 1 aliphatic rings. The summed E-state index contributed by atoms with van der Waals surface area (Å²) in [4.78, 5) is 9.25. The average Bonchev–Trinajstić information content (AvgIpc) is 2.60. The molecule has 1 fully saturated rings. The molecule has 0 aromatic carbocycles. The van der Waals surface area contributed by atoms with Gasteiger partial charge in [0.2, 0.25) is 5.88 Å². The van der Waals surface area contributed by atoms with Crippen LogP contribution in [0.5, 0.6) is 5.88 Å². The van der Waals surface area contributed by atoms with Crippen LogP contribution in [0.1, 0.15) is 19.8 Å². The number of hydrogen-bond acceptors (Lipinski definition) is 5. The minimum Gasteiger partial charge on any atom is -0.481 e. The normalized spacial score (nSPS) is 21.2. The highest BCUT2D eigenvalue weighted by Crippen LogP contribution is 2.27. The molecule has 1 saturated heterocycles. The number of nitrogens with two attached hydrogens (primary N) is 1. The average molecular weight is 264 g/mol. The quantitative estimate of drug-likeness (QED) is 0.898. The third-order valence-corrected chi connectivity index (χ3v) is 3.73. The summed E-state index contributed by atoms with van der Waals surface area (Å²) >= 11 is 0. The summed E-state index contributed by atoms with van der Waals surface area (Å²) in [5.74, 6) is 1.48. The predicted molar refractivity (Wildman–Crippen MR) is 78.7 cm³/mol. The second-order valence-electron chi connectivity index (χ2n) is 5.14. The fourth-order valence-electron chi connectivity index (χ4n) is 2.66. The van der Waals surface area contributed by atoms with Crippen molar-refractivity contribution in [3.63, 3.8) is 0 Å². The molecule has 19 heavy (non-hydrogen) atoms. The molecule has 0 amide bonds. The number of nitrogens with zero attached hydrogens (tertiary/aromatic N) is 3. The molecule has 0 saturated carbocycles. The highest BCUT2D eigenvalue weighted by atomic mass is 16.5. The van der Waals surface area contributed by atoms with E-state index in [1.165, 1.54) is 0 Å². The molecule has 1 atom stereocenters. The summed E-state index contributed by atoms with van der Waals surface area (Å²) in [5.41, 5.74) is 6.83. The zero-order valence-corrected chi connectivity index (χ0v) is 12.1. The van der Waals surface area contributed by atoms with Crippen molar-refractivity contribution >= 4 is 11.5 Å². The van der Waals surface area contributed by atoms with Gasteiger partial charge in [0.05, 0.1) is 12.8 Å². The van der Waals surface area contributed by atoms with Gasteiger partial charge in [-0.2, -0.15) is 4.98 Å². The van der Waals surface area contributed by atoms with E-state index in [-0.39, 0.29) is 0 Å². The van der Waals surface area contributed by atoms with Gasteiger partial charge in [0.1, 0.15) is 0 Å². The Kier molecular flexibility index (Phi) is 4.47. The number of hydrogen-bond donors (Lipinski definition) is 1. The molecule has 0 aliphatic carbocycles. The molecule has 1 aromatic heterocycles. The number of nitrogen functional groups attached to an aromatic ring is 1. The van der Waals surface area contributed by atoms with Crippen molar-refractivity contribution < 1.29 is 4.74 Å². The summed E-state index contributed by atoms with van der Waals surface area (Å²) in [7, 11) is 3.81. The van der Waals surface area contributed by atoms with Gasteiger partial charge in [0.15, 0.2) is 5.82 Å². The number of pyridine rings is 1. The first-order chi connectivity index (χ1) is 9.15. The Bertz CT molecular complexity index is 424. The standard InChI is InChI=1S/C14H24N4O/c1-4-11-10-17(2)8-5-9-18(11)14-12(15)6-7-13(16-14)19-3/h6-7,11H,4-5,8-10,15H2,1-3H3. The summed E-state index contributed by atoms with van der Waals surface area (Å²) < 4.78 is 5.22. The Hall–Kier alpha value is -1.49. The lowest BCUT2D eigenvalue weighted by molar-refractivity contribution is 0.327. The highest BCUT2D eigenvalue weighted by Gasteiger charge is 2.24. The van der Waals surface area contributed by atoms with E-state index in [0.717, 1.165) is 44.0 Å². The molecule has 2 heterocycles. The van der Waals surface area contributed by atoms with E-state index in [1.54, 1.807) is 7.11 Å².